The standard InChI is InChI=1S/C17H27N5O2/c1-21-15(7-9-19-21)11-18-17(24)20-14-8-10-22(12-14)16(23)13-5-3-2-4-6-13/h7,9,13-14H,2-6,8,10-12H2,1H3,(H2,18,20,24)/t14-/m1/s1. The summed E-state index contributed by atoms with van der Waals surface area (Å²) in [4.78, 5) is 26.5. The molecule has 1 atom stereocenters. The zero-order valence-electron chi connectivity index (χ0n) is 14.3. The Morgan fingerprint density at radius 1 is 1.25 bits per heavy atom. The van der Waals surface area contributed by atoms with E-state index < -0.39 is 0 Å². The molecule has 7 nitrogen and oxygen atoms in total. The summed E-state index contributed by atoms with van der Waals surface area (Å²) in [5.41, 5.74) is 0.950. The van der Waals surface area contributed by atoms with Gasteiger partial charge in [0, 0.05) is 38.3 Å². The van der Waals surface area contributed by atoms with Crippen molar-refractivity contribution in [3.63, 3.8) is 0 Å². The zero-order valence-corrected chi connectivity index (χ0v) is 14.3. The molecule has 3 amide bonds. The summed E-state index contributed by atoms with van der Waals surface area (Å²) in [5.74, 6) is 0.491. The van der Waals surface area contributed by atoms with E-state index in [0.717, 1.165) is 31.5 Å². The van der Waals surface area contributed by atoms with E-state index in [0.29, 0.717) is 13.1 Å². The molecule has 2 fully saturated rings. The average molecular weight is 333 g/mol. The summed E-state index contributed by atoms with van der Waals surface area (Å²) in [6, 6.07) is 1.73. The fourth-order valence-electron chi connectivity index (χ4n) is 3.67. The third-order valence-corrected chi connectivity index (χ3v) is 5.14. The molecule has 0 radical (unpaired) electrons. The van der Waals surface area contributed by atoms with Crippen molar-refractivity contribution < 1.29 is 9.59 Å². The maximum atomic E-state index is 12.5. The Balaban J connectivity index is 1.41. The Bertz CT molecular complexity index is 579. The molecule has 0 spiro atoms. The lowest BCUT2D eigenvalue weighted by Crippen LogP contribution is -2.44. The Kier molecular flexibility index (Phi) is 5.37. The van der Waals surface area contributed by atoms with E-state index in [1.807, 2.05) is 18.0 Å². The van der Waals surface area contributed by atoms with E-state index in [4.69, 9.17) is 0 Å². The van der Waals surface area contributed by atoms with Crippen LogP contribution in [-0.2, 0) is 18.4 Å². The van der Waals surface area contributed by atoms with Crippen LogP contribution in [0.2, 0.25) is 0 Å². The van der Waals surface area contributed by atoms with Gasteiger partial charge in [0.1, 0.15) is 0 Å². The second kappa shape index (κ2) is 7.68. The van der Waals surface area contributed by atoms with Crippen molar-refractivity contribution in [3.05, 3.63) is 18.0 Å². The van der Waals surface area contributed by atoms with E-state index in [1.54, 1.807) is 10.9 Å². The number of likely N-dealkylation sites (tertiary alicyclic amines) is 1. The number of amides is 3. The first kappa shape index (κ1) is 16.8. The van der Waals surface area contributed by atoms with Crippen LogP contribution in [0.25, 0.3) is 0 Å². The van der Waals surface area contributed by atoms with Gasteiger partial charge in [0.15, 0.2) is 0 Å². The number of aryl methyl sites for hydroxylation is 1. The molecule has 1 aliphatic carbocycles. The van der Waals surface area contributed by atoms with Crippen molar-refractivity contribution in [3.8, 4) is 0 Å². The van der Waals surface area contributed by atoms with Crippen LogP contribution >= 0.6 is 0 Å². The first-order chi connectivity index (χ1) is 11.6. The van der Waals surface area contributed by atoms with Crippen molar-refractivity contribution in [1.29, 1.82) is 0 Å². The van der Waals surface area contributed by atoms with Crippen LogP contribution in [-0.4, -0.2) is 45.8 Å². The molecule has 0 bridgehead atoms. The van der Waals surface area contributed by atoms with E-state index >= 15 is 0 Å². The van der Waals surface area contributed by atoms with Gasteiger partial charge in [-0.05, 0) is 25.3 Å². The van der Waals surface area contributed by atoms with Crippen LogP contribution < -0.4 is 10.6 Å². The molecule has 1 aliphatic heterocycles. The van der Waals surface area contributed by atoms with Gasteiger partial charge in [-0.1, -0.05) is 19.3 Å². The first-order valence-electron chi connectivity index (χ1n) is 8.93. The summed E-state index contributed by atoms with van der Waals surface area (Å²) < 4.78 is 1.74. The molecule has 0 unspecified atom stereocenters. The minimum Gasteiger partial charge on any atom is -0.340 e. The van der Waals surface area contributed by atoms with Crippen LogP contribution in [0.4, 0.5) is 4.79 Å². The molecule has 0 aromatic carbocycles. The van der Waals surface area contributed by atoms with Crippen molar-refractivity contribution in [1.82, 2.24) is 25.3 Å². The Morgan fingerprint density at radius 3 is 2.75 bits per heavy atom. The van der Waals surface area contributed by atoms with Gasteiger partial charge in [0.25, 0.3) is 0 Å². The predicted octanol–water partition coefficient (Wildman–Crippen LogP) is 1.40. The van der Waals surface area contributed by atoms with Crippen molar-refractivity contribution in [2.24, 2.45) is 13.0 Å². The molecular formula is C17H27N5O2. The summed E-state index contributed by atoms with van der Waals surface area (Å²) >= 11 is 0. The lowest BCUT2D eigenvalue weighted by atomic mass is 9.88. The first-order valence-corrected chi connectivity index (χ1v) is 8.93. The van der Waals surface area contributed by atoms with Crippen molar-refractivity contribution >= 4 is 11.9 Å². The van der Waals surface area contributed by atoms with Crippen LogP contribution in [0.1, 0.15) is 44.2 Å². The van der Waals surface area contributed by atoms with Crippen LogP contribution in [0.5, 0.6) is 0 Å². The SMILES string of the molecule is Cn1nccc1CNC(=O)N[C@@H]1CCN(C(=O)C2CCCCC2)C1. The summed E-state index contributed by atoms with van der Waals surface area (Å²) in [7, 11) is 1.85. The fraction of sp³-hybridized carbons (Fsp3) is 0.706. The highest BCUT2D eigenvalue weighted by Crippen LogP contribution is 2.26. The summed E-state index contributed by atoms with van der Waals surface area (Å²) in [6.45, 7) is 1.83. The zero-order chi connectivity index (χ0) is 16.9. The Hall–Kier alpha value is -2.05. The number of urea groups is 1. The largest absolute Gasteiger partial charge is 0.340 e. The Labute approximate surface area is 142 Å². The van der Waals surface area contributed by atoms with E-state index in [2.05, 4.69) is 15.7 Å². The number of nitrogens with one attached hydrogen (secondary N) is 2. The molecule has 1 aromatic heterocycles. The number of aromatic nitrogens is 2. The summed E-state index contributed by atoms with van der Waals surface area (Å²) in [5, 5.41) is 9.89. The van der Waals surface area contributed by atoms with Gasteiger partial charge in [-0.15, -0.1) is 0 Å². The van der Waals surface area contributed by atoms with E-state index in [9.17, 15) is 9.59 Å². The molecule has 132 valence electrons. The lowest BCUT2D eigenvalue weighted by molar-refractivity contribution is -0.135. The topological polar surface area (TPSA) is 79.3 Å². The van der Waals surface area contributed by atoms with Crippen molar-refractivity contribution in [2.75, 3.05) is 13.1 Å². The molecule has 24 heavy (non-hydrogen) atoms. The highest BCUT2D eigenvalue weighted by atomic mass is 16.2. The van der Waals surface area contributed by atoms with E-state index in [-0.39, 0.29) is 23.9 Å². The molecule has 2 heterocycles. The monoisotopic (exact) mass is 333 g/mol. The second-order valence-electron chi connectivity index (χ2n) is 6.88. The third-order valence-electron chi connectivity index (χ3n) is 5.14. The molecule has 1 aromatic rings. The molecule has 7 heteroatoms. The third kappa shape index (κ3) is 4.07. The molecule has 3 rings (SSSR count). The predicted molar refractivity (Wildman–Crippen MR) is 90.1 cm³/mol. The maximum Gasteiger partial charge on any atom is 0.315 e. The van der Waals surface area contributed by atoms with E-state index in [1.165, 1.54) is 19.3 Å². The number of carbonyl (C=O) groups is 2. The highest BCUT2D eigenvalue weighted by molar-refractivity contribution is 5.79. The molecule has 2 N–H and O–H groups in total. The quantitative estimate of drug-likeness (QED) is 0.874. The van der Waals surface area contributed by atoms with Gasteiger partial charge < -0.3 is 15.5 Å². The number of rotatable bonds is 4. The molecular weight excluding hydrogens is 306 g/mol. The highest BCUT2D eigenvalue weighted by Gasteiger charge is 2.31. The average Bonchev–Trinajstić information content (AvgIpc) is 3.22. The molecule has 1 saturated heterocycles. The van der Waals surface area contributed by atoms with Gasteiger partial charge >= 0.3 is 6.03 Å². The van der Waals surface area contributed by atoms with Crippen LogP contribution in [0, 0.1) is 5.92 Å². The number of carbonyl (C=O) groups excluding carboxylic acids is 2. The summed E-state index contributed by atoms with van der Waals surface area (Å²) in [6.07, 6.45) is 8.19. The van der Waals surface area contributed by atoms with Gasteiger partial charge in [-0.2, -0.15) is 5.10 Å². The number of nitrogens with zero attached hydrogens (tertiary/aromatic N) is 3. The van der Waals surface area contributed by atoms with Gasteiger partial charge in [0.2, 0.25) is 5.91 Å². The molecule has 1 saturated carbocycles. The minimum absolute atomic E-state index is 0.0454. The number of hydrogen-bond acceptors (Lipinski definition) is 3. The molecule has 2 aliphatic rings. The van der Waals surface area contributed by atoms with Crippen molar-refractivity contribution in [2.45, 2.75) is 51.1 Å². The van der Waals surface area contributed by atoms with Gasteiger partial charge in [-0.25, -0.2) is 4.79 Å². The fourth-order valence-corrected chi connectivity index (χ4v) is 3.67. The smallest absolute Gasteiger partial charge is 0.315 e. The van der Waals surface area contributed by atoms with Gasteiger partial charge in [0.05, 0.1) is 12.2 Å². The maximum absolute atomic E-state index is 12.5. The number of hydrogen-bond donors (Lipinski definition) is 2. The van der Waals surface area contributed by atoms with Gasteiger partial charge in [-0.3, -0.25) is 9.48 Å². The lowest BCUT2D eigenvalue weighted by Gasteiger charge is -2.26. The Morgan fingerprint density at radius 2 is 2.04 bits per heavy atom. The second-order valence-corrected chi connectivity index (χ2v) is 6.88. The van der Waals surface area contributed by atoms with Crippen LogP contribution in [0.15, 0.2) is 12.3 Å². The van der Waals surface area contributed by atoms with Crippen LogP contribution in [0.3, 0.4) is 0 Å². The minimum atomic E-state index is -0.187. The normalized spacial score (nSPS) is 21.7.